The molecule has 0 aromatic heterocycles. The largest absolute Gasteiger partial charge is 0.370 e. The van der Waals surface area contributed by atoms with E-state index >= 15 is 0 Å². The summed E-state index contributed by atoms with van der Waals surface area (Å²) >= 11 is 0. The minimum absolute atomic E-state index is 0.216. The van der Waals surface area contributed by atoms with Crippen molar-refractivity contribution in [1.29, 1.82) is 0 Å². The van der Waals surface area contributed by atoms with Gasteiger partial charge in [-0.3, -0.25) is 4.79 Å². The summed E-state index contributed by atoms with van der Waals surface area (Å²) in [6.07, 6.45) is 5.96. The van der Waals surface area contributed by atoms with Crippen LogP contribution in [0, 0.1) is 0 Å². The lowest BCUT2D eigenvalue weighted by molar-refractivity contribution is -0.118. The first-order valence-corrected chi connectivity index (χ1v) is 5.45. The van der Waals surface area contributed by atoms with Crippen LogP contribution >= 0.6 is 0 Å². The molecule has 4 nitrogen and oxygen atoms in total. The molecule has 1 rings (SSSR count). The molecule has 1 fully saturated rings. The molecular formula is C10H21N3O. The zero-order valence-corrected chi connectivity index (χ0v) is 8.67. The van der Waals surface area contributed by atoms with E-state index in [2.05, 4.69) is 5.32 Å². The molecule has 0 aliphatic heterocycles. The fraction of sp³-hybridized carbons (Fsp3) is 0.900. The molecule has 82 valence electrons. The Balaban J connectivity index is 2.03. The third kappa shape index (κ3) is 4.58. The Labute approximate surface area is 85.4 Å². The molecular weight excluding hydrogens is 178 g/mol. The van der Waals surface area contributed by atoms with Gasteiger partial charge in [0.15, 0.2) is 0 Å². The Morgan fingerprint density at radius 3 is 2.86 bits per heavy atom. The number of nitrogens with one attached hydrogen (secondary N) is 1. The summed E-state index contributed by atoms with van der Waals surface area (Å²) in [7, 11) is 0. The fourth-order valence-electron chi connectivity index (χ4n) is 1.98. The van der Waals surface area contributed by atoms with Crippen molar-refractivity contribution in [3.05, 3.63) is 0 Å². The van der Waals surface area contributed by atoms with Crippen molar-refractivity contribution in [3.63, 3.8) is 0 Å². The third-order valence-corrected chi connectivity index (χ3v) is 2.75. The van der Waals surface area contributed by atoms with Crippen molar-refractivity contribution >= 4 is 5.91 Å². The lowest BCUT2D eigenvalue weighted by Crippen LogP contribution is -2.39. The topological polar surface area (TPSA) is 81.1 Å². The minimum atomic E-state index is -0.216. The zero-order valence-electron chi connectivity index (χ0n) is 8.67. The van der Waals surface area contributed by atoms with Gasteiger partial charge in [-0.2, -0.15) is 0 Å². The average Bonchev–Trinajstić information content (AvgIpc) is 2.12. The normalized spacial score (nSPS) is 27.5. The molecule has 5 N–H and O–H groups in total. The van der Waals surface area contributed by atoms with E-state index < -0.39 is 0 Å². The van der Waals surface area contributed by atoms with Crippen molar-refractivity contribution < 1.29 is 4.79 Å². The number of carbonyl (C=O) groups excluding carboxylic acids is 1. The summed E-state index contributed by atoms with van der Waals surface area (Å²) in [6, 6.07) is 0.906. The van der Waals surface area contributed by atoms with Crippen molar-refractivity contribution in [1.82, 2.24) is 5.32 Å². The predicted molar refractivity (Wildman–Crippen MR) is 56.7 cm³/mol. The molecule has 0 heterocycles. The third-order valence-electron chi connectivity index (χ3n) is 2.75. The Hall–Kier alpha value is -0.610. The summed E-state index contributed by atoms with van der Waals surface area (Å²) in [4.78, 5) is 10.5. The second-order valence-corrected chi connectivity index (χ2v) is 4.15. The first-order chi connectivity index (χ1) is 6.68. The SMILES string of the molecule is NC(=O)CCCNC1CCCC(N)C1. The van der Waals surface area contributed by atoms with Crippen molar-refractivity contribution in [3.8, 4) is 0 Å². The highest BCUT2D eigenvalue weighted by atomic mass is 16.1. The number of primary amides is 1. The standard InChI is InChI=1S/C10H21N3O/c11-8-3-1-4-9(7-8)13-6-2-5-10(12)14/h8-9,13H,1-7,11H2,(H2,12,14). The van der Waals surface area contributed by atoms with Gasteiger partial charge >= 0.3 is 0 Å². The maximum atomic E-state index is 10.5. The lowest BCUT2D eigenvalue weighted by Gasteiger charge is -2.27. The number of amides is 1. The van der Waals surface area contributed by atoms with E-state index in [4.69, 9.17) is 11.5 Å². The summed E-state index contributed by atoms with van der Waals surface area (Å²) in [5.74, 6) is -0.216. The number of hydrogen-bond acceptors (Lipinski definition) is 3. The van der Waals surface area contributed by atoms with E-state index in [0.717, 1.165) is 25.8 Å². The monoisotopic (exact) mass is 199 g/mol. The van der Waals surface area contributed by atoms with Crippen LogP contribution in [-0.4, -0.2) is 24.5 Å². The molecule has 1 saturated carbocycles. The summed E-state index contributed by atoms with van der Waals surface area (Å²) in [6.45, 7) is 0.875. The van der Waals surface area contributed by atoms with Crippen LogP contribution in [0.15, 0.2) is 0 Å². The van der Waals surface area contributed by atoms with Gasteiger partial charge in [-0.25, -0.2) is 0 Å². The van der Waals surface area contributed by atoms with Crippen molar-refractivity contribution in [2.24, 2.45) is 11.5 Å². The molecule has 2 unspecified atom stereocenters. The number of rotatable bonds is 5. The van der Waals surface area contributed by atoms with Crippen molar-refractivity contribution in [2.45, 2.75) is 50.6 Å². The summed E-state index contributed by atoms with van der Waals surface area (Å²) in [5, 5.41) is 3.42. The smallest absolute Gasteiger partial charge is 0.217 e. The second-order valence-electron chi connectivity index (χ2n) is 4.15. The highest BCUT2D eigenvalue weighted by Crippen LogP contribution is 2.16. The molecule has 2 atom stereocenters. The van der Waals surface area contributed by atoms with Gasteiger partial charge < -0.3 is 16.8 Å². The van der Waals surface area contributed by atoms with Gasteiger partial charge in [0, 0.05) is 18.5 Å². The molecule has 0 aromatic carbocycles. The van der Waals surface area contributed by atoms with Crippen molar-refractivity contribution in [2.75, 3.05) is 6.54 Å². The van der Waals surface area contributed by atoms with Crippen LogP contribution in [0.1, 0.15) is 38.5 Å². The molecule has 0 aromatic rings. The van der Waals surface area contributed by atoms with Gasteiger partial charge in [0.25, 0.3) is 0 Å². The quantitative estimate of drug-likeness (QED) is 0.550. The highest BCUT2D eigenvalue weighted by Gasteiger charge is 2.17. The molecule has 1 aliphatic carbocycles. The van der Waals surface area contributed by atoms with E-state index in [1.54, 1.807) is 0 Å². The molecule has 0 radical (unpaired) electrons. The van der Waals surface area contributed by atoms with Crippen LogP contribution in [-0.2, 0) is 4.79 Å². The van der Waals surface area contributed by atoms with E-state index in [1.165, 1.54) is 12.8 Å². The van der Waals surface area contributed by atoms with E-state index in [-0.39, 0.29) is 5.91 Å². The average molecular weight is 199 g/mol. The Bertz CT molecular complexity index is 184. The number of hydrogen-bond donors (Lipinski definition) is 3. The van der Waals surface area contributed by atoms with Gasteiger partial charge in [-0.15, -0.1) is 0 Å². The van der Waals surface area contributed by atoms with Gasteiger partial charge in [0.1, 0.15) is 0 Å². The molecule has 1 amide bonds. The van der Waals surface area contributed by atoms with E-state index in [0.29, 0.717) is 18.5 Å². The van der Waals surface area contributed by atoms with E-state index in [1.807, 2.05) is 0 Å². The maximum absolute atomic E-state index is 10.5. The van der Waals surface area contributed by atoms with Gasteiger partial charge in [-0.1, -0.05) is 6.42 Å². The van der Waals surface area contributed by atoms with Gasteiger partial charge in [-0.05, 0) is 32.2 Å². The molecule has 0 bridgehead atoms. The van der Waals surface area contributed by atoms with Crippen LogP contribution in [0.25, 0.3) is 0 Å². The van der Waals surface area contributed by atoms with Crippen LogP contribution in [0.5, 0.6) is 0 Å². The first kappa shape index (κ1) is 11.5. The molecule has 4 heteroatoms. The van der Waals surface area contributed by atoms with Crippen LogP contribution < -0.4 is 16.8 Å². The summed E-state index contributed by atoms with van der Waals surface area (Å²) < 4.78 is 0. The Kier molecular flexibility index (Phi) is 4.90. The van der Waals surface area contributed by atoms with Crippen LogP contribution in [0.2, 0.25) is 0 Å². The number of nitrogens with two attached hydrogens (primary N) is 2. The lowest BCUT2D eigenvalue weighted by atomic mass is 9.91. The minimum Gasteiger partial charge on any atom is -0.370 e. The maximum Gasteiger partial charge on any atom is 0.217 e. The highest BCUT2D eigenvalue weighted by molar-refractivity contribution is 5.73. The summed E-state index contributed by atoms with van der Waals surface area (Å²) in [5.41, 5.74) is 10.9. The predicted octanol–water partition coefficient (Wildman–Crippen LogP) is 0.111. The molecule has 14 heavy (non-hydrogen) atoms. The van der Waals surface area contributed by atoms with Gasteiger partial charge in [0.2, 0.25) is 5.91 Å². The fourth-order valence-corrected chi connectivity index (χ4v) is 1.98. The van der Waals surface area contributed by atoms with Crippen LogP contribution in [0.3, 0.4) is 0 Å². The molecule has 0 spiro atoms. The second kappa shape index (κ2) is 5.98. The number of carbonyl (C=O) groups is 1. The first-order valence-electron chi connectivity index (χ1n) is 5.45. The van der Waals surface area contributed by atoms with E-state index in [9.17, 15) is 4.79 Å². The van der Waals surface area contributed by atoms with Gasteiger partial charge in [0.05, 0.1) is 0 Å². The Morgan fingerprint density at radius 2 is 2.21 bits per heavy atom. The molecule has 0 saturated heterocycles. The Morgan fingerprint density at radius 1 is 1.43 bits per heavy atom. The molecule has 1 aliphatic rings. The van der Waals surface area contributed by atoms with Crippen LogP contribution in [0.4, 0.5) is 0 Å². The zero-order chi connectivity index (χ0) is 10.4.